The summed E-state index contributed by atoms with van der Waals surface area (Å²) in [5, 5.41) is 15.0. The van der Waals surface area contributed by atoms with E-state index < -0.39 is 0 Å². The molecule has 0 aliphatic heterocycles. The Morgan fingerprint density at radius 3 is 2.59 bits per heavy atom. The van der Waals surface area contributed by atoms with E-state index >= 15 is 0 Å². The van der Waals surface area contributed by atoms with Crippen LogP contribution in [0.4, 0.5) is 0 Å². The van der Waals surface area contributed by atoms with Crippen molar-refractivity contribution in [1.29, 1.82) is 0 Å². The Labute approximate surface area is 172 Å². The summed E-state index contributed by atoms with van der Waals surface area (Å²) in [7, 11) is 0. The molecule has 142 valence electrons. The van der Waals surface area contributed by atoms with E-state index in [0.29, 0.717) is 21.8 Å². The van der Waals surface area contributed by atoms with Gasteiger partial charge in [0.25, 0.3) is 5.91 Å². The van der Waals surface area contributed by atoms with Gasteiger partial charge in [0.05, 0.1) is 23.0 Å². The van der Waals surface area contributed by atoms with Crippen LogP contribution in [-0.4, -0.2) is 22.2 Å². The monoisotopic (exact) mass is 401 g/mol. The van der Waals surface area contributed by atoms with Gasteiger partial charge in [0, 0.05) is 21.5 Å². The zero-order chi connectivity index (χ0) is 20.2. The zero-order valence-corrected chi connectivity index (χ0v) is 16.0. The molecular formula is C23H16ClN3O2. The second-order valence-corrected chi connectivity index (χ2v) is 6.78. The molecular weight excluding hydrogens is 386 g/mol. The first kappa shape index (κ1) is 18.7. The third kappa shape index (κ3) is 4.10. The van der Waals surface area contributed by atoms with Crippen LogP contribution in [0.1, 0.15) is 15.9 Å². The Bertz CT molecular complexity index is 1220. The lowest BCUT2D eigenvalue weighted by atomic mass is 10.0. The van der Waals surface area contributed by atoms with Crippen LogP contribution < -0.4 is 5.43 Å². The van der Waals surface area contributed by atoms with Gasteiger partial charge < -0.3 is 5.11 Å². The van der Waals surface area contributed by atoms with E-state index in [1.54, 1.807) is 18.2 Å². The van der Waals surface area contributed by atoms with Gasteiger partial charge in [-0.3, -0.25) is 4.79 Å². The van der Waals surface area contributed by atoms with E-state index in [-0.39, 0.29) is 11.7 Å². The maximum Gasteiger partial charge on any atom is 0.272 e. The number of fused-ring (bicyclic) bond motifs is 1. The minimum atomic E-state index is -0.376. The molecule has 0 radical (unpaired) electrons. The van der Waals surface area contributed by atoms with Gasteiger partial charge in [-0.25, -0.2) is 10.4 Å². The number of hydrogen-bond acceptors (Lipinski definition) is 4. The van der Waals surface area contributed by atoms with E-state index in [1.165, 1.54) is 12.3 Å². The van der Waals surface area contributed by atoms with E-state index in [9.17, 15) is 9.90 Å². The van der Waals surface area contributed by atoms with Crippen LogP contribution in [0.25, 0.3) is 22.2 Å². The quantitative estimate of drug-likeness (QED) is 0.372. The van der Waals surface area contributed by atoms with Crippen LogP contribution in [0, 0.1) is 0 Å². The number of phenols is 1. The topological polar surface area (TPSA) is 74.6 Å². The maximum atomic E-state index is 12.8. The molecule has 6 heteroatoms. The summed E-state index contributed by atoms with van der Waals surface area (Å²) in [5.74, 6) is -0.355. The molecule has 5 nitrogen and oxygen atoms in total. The van der Waals surface area contributed by atoms with Crippen molar-refractivity contribution < 1.29 is 9.90 Å². The van der Waals surface area contributed by atoms with Gasteiger partial charge in [0.15, 0.2) is 0 Å². The van der Waals surface area contributed by atoms with Gasteiger partial charge in [0.1, 0.15) is 5.75 Å². The maximum absolute atomic E-state index is 12.8. The number of nitrogens with zero attached hydrogens (tertiary/aromatic N) is 2. The predicted molar refractivity (Wildman–Crippen MR) is 115 cm³/mol. The van der Waals surface area contributed by atoms with Crippen LogP contribution in [-0.2, 0) is 0 Å². The molecule has 2 N–H and O–H groups in total. The number of para-hydroxylation sites is 1. The van der Waals surface area contributed by atoms with E-state index in [2.05, 4.69) is 15.5 Å². The van der Waals surface area contributed by atoms with Crippen LogP contribution in [0.15, 0.2) is 84.0 Å². The molecule has 0 atom stereocenters. The van der Waals surface area contributed by atoms with Gasteiger partial charge >= 0.3 is 0 Å². The number of halogens is 1. The number of benzene rings is 3. The first-order chi connectivity index (χ1) is 14.1. The standard InChI is InChI=1S/C23H16ClN3O2/c24-17-10-11-22(28)16(12-17)14-25-27-23(29)19-13-21(15-6-2-1-3-7-15)26-20-9-5-4-8-18(19)20/h1-14,28H,(H,27,29)/b25-14-. The van der Waals surface area contributed by atoms with Crippen molar-refractivity contribution in [1.82, 2.24) is 10.4 Å². The highest BCUT2D eigenvalue weighted by Crippen LogP contribution is 2.25. The van der Waals surface area contributed by atoms with Crippen LogP contribution in [0.2, 0.25) is 5.02 Å². The Morgan fingerprint density at radius 1 is 1.00 bits per heavy atom. The average Bonchev–Trinajstić information content (AvgIpc) is 2.76. The number of aromatic hydroxyl groups is 1. The number of hydrogen-bond donors (Lipinski definition) is 2. The smallest absolute Gasteiger partial charge is 0.272 e. The minimum Gasteiger partial charge on any atom is -0.507 e. The largest absolute Gasteiger partial charge is 0.507 e. The summed E-state index contributed by atoms with van der Waals surface area (Å²) in [5.41, 5.74) is 5.71. The molecule has 4 aromatic rings. The molecule has 0 aliphatic carbocycles. The molecule has 1 heterocycles. The van der Waals surface area contributed by atoms with Crippen molar-refractivity contribution >= 4 is 34.6 Å². The fourth-order valence-electron chi connectivity index (χ4n) is 2.97. The number of rotatable bonds is 4. The zero-order valence-electron chi connectivity index (χ0n) is 15.2. The average molecular weight is 402 g/mol. The highest BCUT2D eigenvalue weighted by atomic mass is 35.5. The van der Waals surface area contributed by atoms with Gasteiger partial charge in [-0.15, -0.1) is 0 Å². The predicted octanol–water partition coefficient (Wildman–Crippen LogP) is 5.02. The molecule has 3 aromatic carbocycles. The number of carbonyl (C=O) groups is 1. The number of hydrazone groups is 1. The SMILES string of the molecule is O=C(N/N=C\c1cc(Cl)ccc1O)c1cc(-c2ccccc2)nc2ccccc12. The second-order valence-electron chi connectivity index (χ2n) is 6.34. The van der Waals surface area contributed by atoms with Gasteiger partial charge in [-0.05, 0) is 30.3 Å². The Morgan fingerprint density at radius 2 is 1.76 bits per heavy atom. The van der Waals surface area contributed by atoms with Crippen molar-refractivity contribution in [3.63, 3.8) is 0 Å². The van der Waals surface area contributed by atoms with Crippen LogP contribution in [0.3, 0.4) is 0 Å². The van der Waals surface area contributed by atoms with E-state index in [0.717, 1.165) is 16.5 Å². The molecule has 29 heavy (non-hydrogen) atoms. The van der Waals surface area contributed by atoms with Crippen LogP contribution >= 0.6 is 11.6 Å². The molecule has 0 bridgehead atoms. The number of pyridine rings is 1. The lowest BCUT2D eigenvalue weighted by Crippen LogP contribution is -2.18. The van der Waals surface area contributed by atoms with E-state index in [4.69, 9.17) is 11.6 Å². The summed E-state index contributed by atoms with van der Waals surface area (Å²) < 4.78 is 0. The molecule has 0 saturated heterocycles. The highest BCUT2D eigenvalue weighted by Gasteiger charge is 2.13. The summed E-state index contributed by atoms with van der Waals surface area (Å²) in [6, 6.07) is 23.5. The molecule has 1 amide bonds. The Hall–Kier alpha value is -3.70. The molecule has 1 aromatic heterocycles. The Kier molecular flexibility index (Phi) is 5.22. The fourth-order valence-corrected chi connectivity index (χ4v) is 3.15. The summed E-state index contributed by atoms with van der Waals surface area (Å²) in [6.45, 7) is 0. The van der Waals surface area contributed by atoms with Crippen molar-refractivity contribution in [2.45, 2.75) is 0 Å². The first-order valence-corrected chi connectivity index (χ1v) is 9.27. The summed E-state index contributed by atoms with van der Waals surface area (Å²) in [6.07, 6.45) is 1.35. The molecule has 4 rings (SSSR count). The highest BCUT2D eigenvalue weighted by molar-refractivity contribution is 6.30. The number of carbonyl (C=O) groups excluding carboxylic acids is 1. The lowest BCUT2D eigenvalue weighted by Gasteiger charge is -2.09. The molecule has 0 aliphatic rings. The van der Waals surface area contributed by atoms with Crippen molar-refractivity contribution in [2.24, 2.45) is 5.10 Å². The second kappa shape index (κ2) is 8.12. The molecule has 0 fully saturated rings. The van der Waals surface area contributed by atoms with Crippen molar-refractivity contribution in [3.05, 3.63) is 95.0 Å². The third-order valence-electron chi connectivity index (χ3n) is 4.39. The number of amides is 1. The van der Waals surface area contributed by atoms with Crippen molar-refractivity contribution in [3.8, 4) is 17.0 Å². The lowest BCUT2D eigenvalue weighted by molar-refractivity contribution is 0.0956. The van der Waals surface area contributed by atoms with Gasteiger partial charge in [-0.1, -0.05) is 60.1 Å². The summed E-state index contributed by atoms with van der Waals surface area (Å²) in [4.78, 5) is 17.5. The Balaban J connectivity index is 1.68. The number of phenolic OH excluding ortho intramolecular Hbond substituents is 1. The van der Waals surface area contributed by atoms with Gasteiger partial charge in [0.2, 0.25) is 0 Å². The fraction of sp³-hybridized carbons (Fsp3) is 0. The molecule has 0 unspecified atom stereocenters. The normalized spacial score (nSPS) is 11.1. The number of nitrogens with one attached hydrogen (secondary N) is 1. The van der Waals surface area contributed by atoms with Gasteiger partial charge in [-0.2, -0.15) is 5.10 Å². The summed E-state index contributed by atoms with van der Waals surface area (Å²) >= 11 is 5.93. The first-order valence-electron chi connectivity index (χ1n) is 8.89. The van der Waals surface area contributed by atoms with E-state index in [1.807, 2.05) is 54.6 Å². The van der Waals surface area contributed by atoms with Crippen molar-refractivity contribution in [2.75, 3.05) is 0 Å². The minimum absolute atomic E-state index is 0.0214. The molecule has 0 spiro atoms. The van der Waals surface area contributed by atoms with Crippen LogP contribution in [0.5, 0.6) is 5.75 Å². The molecule has 0 saturated carbocycles. The number of aromatic nitrogens is 1. The third-order valence-corrected chi connectivity index (χ3v) is 4.62.